The van der Waals surface area contributed by atoms with Crippen LogP contribution < -0.4 is 0 Å². The van der Waals surface area contributed by atoms with E-state index in [1.165, 1.54) is 0 Å². The van der Waals surface area contributed by atoms with E-state index in [9.17, 15) is 9.59 Å². The van der Waals surface area contributed by atoms with Crippen LogP contribution in [0, 0.1) is 0 Å². The summed E-state index contributed by atoms with van der Waals surface area (Å²) in [5.41, 5.74) is 0.702. The number of likely N-dealkylation sites (tertiary alicyclic amines) is 1. The van der Waals surface area contributed by atoms with Crippen molar-refractivity contribution in [3.8, 4) is 0 Å². The molecule has 1 atom stereocenters. The fourth-order valence-corrected chi connectivity index (χ4v) is 3.05. The monoisotopic (exact) mass is 290 g/mol. The maximum atomic E-state index is 12.8. The van der Waals surface area contributed by atoms with E-state index in [-0.39, 0.29) is 11.9 Å². The van der Waals surface area contributed by atoms with Crippen molar-refractivity contribution in [2.75, 3.05) is 13.2 Å². The zero-order valence-electron chi connectivity index (χ0n) is 12.5. The first kappa shape index (κ1) is 14.2. The van der Waals surface area contributed by atoms with Crippen molar-refractivity contribution in [1.82, 2.24) is 9.47 Å². The number of amides is 1. The molecule has 0 spiro atoms. The summed E-state index contributed by atoms with van der Waals surface area (Å²) in [6, 6.07) is 3.81. The van der Waals surface area contributed by atoms with Gasteiger partial charge in [0.2, 0.25) is 0 Å². The molecule has 1 aromatic heterocycles. The van der Waals surface area contributed by atoms with Gasteiger partial charge in [-0.3, -0.25) is 4.79 Å². The molecule has 0 radical (unpaired) electrons. The van der Waals surface area contributed by atoms with Gasteiger partial charge in [-0.05, 0) is 51.2 Å². The summed E-state index contributed by atoms with van der Waals surface area (Å²) in [5, 5.41) is 0. The minimum absolute atomic E-state index is 0.0374. The second kappa shape index (κ2) is 5.92. The molecule has 1 aliphatic heterocycles. The van der Waals surface area contributed by atoms with E-state index in [2.05, 4.69) is 4.57 Å². The number of carbonyl (C=O) groups excluding carboxylic acids is 2. The van der Waals surface area contributed by atoms with Gasteiger partial charge in [-0.1, -0.05) is 0 Å². The van der Waals surface area contributed by atoms with Crippen LogP contribution >= 0.6 is 0 Å². The van der Waals surface area contributed by atoms with Crippen molar-refractivity contribution >= 4 is 11.9 Å². The number of esters is 1. The first-order chi connectivity index (χ1) is 10.2. The summed E-state index contributed by atoms with van der Waals surface area (Å²) in [7, 11) is 0. The minimum Gasteiger partial charge on any atom is -0.464 e. The number of rotatable bonds is 4. The van der Waals surface area contributed by atoms with Gasteiger partial charge in [-0.15, -0.1) is 0 Å². The lowest BCUT2D eigenvalue weighted by atomic mass is 10.0. The molecule has 1 aliphatic carbocycles. The van der Waals surface area contributed by atoms with E-state index in [1.807, 2.05) is 18.3 Å². The third kappa shape index (κ3) is 2.82. The summed E-state index contributed by atoms with van der Waals surface area (Å²) in [6.07, 6.45) is 6.86. The molecule has 2 fully saturated rings. The van der Waals surface area contributed by atoms with E-state index >= 15 is 0 Å². The summed E-state index contributed by atoms with van der Waals surface area (Å²) in [4.78, 5) is 26.6. The minimum atomic E-state index is -0.422. The number of aromatic nitrogens is 1. The average molecular weight is 290 g/mol. The van der Waals surface area contributed by atoms with Crippen molar-refractivity contribution in [2.45, 2.75) is 51.1 Å². The van der Waals surface area contributed by atoms with Crippen LogP contribution in [0.5, 0.6) is 0 Å². The molecule has 0 aromatic carbocycles. The lowest BCUT2D eigenvalue weighted by Gasteiger charge is -2.34. The Balaban J connectivity index is 1.80. The molecule has 1 aromatic rings. The SMILES string of the molecule is CCOC(=O)C1CCCCN1C(=O)c1cccn1C1CC1. The van der Waals surface area contributed by atoms with Gasteiger partial charge in [0.25, 0.3) is 5.91 Å². The van der Waals surface area contributed by atoms with Gasteiger partial charge in [0.15, 0.2) is 0 Å². The third-order valence-electron chi connectivity index (χ3n) is 4.26. The highest BCUT2D eigenvalue weighted by Gasteiger charge is 2.36. The van der Waals surface area contributed by atoms with Crippen molar-refractivity contribution in [1.29, 1.82) is 0 Å². The van der Waals surface area contributed by atoms with Gasteiger partial charge in [-0.25, -0.2) is 4.79 Å². The number of nitrogens with zero attached hydrogens (tertiary/aromatic N) is 2. The fraction of sp³-hybridized carbons (Fsp3) is 0.625. The van der Waals surface area contributed by atoms with E-state index in [1.54, 1.807) is 11.8 Å². The lowest BCUT2D eigenvalue weighted by Crippen LogP contribution is -2.49. The summed E-state index contributed by atoms with van der Waals surface area (Å²) < 4.78 is 7.18. The first-order valence-corrected chi connectivity index (χ1v) is 7.86. The van der Waals surface area contributed by atoms with Gasteiger partial charge in [0.1, 0.15) is 11.7 Å². The molecular weight excluding hydrogens is 268 g/mol. The van der Waals surface area contributed by atoms with Crippen LogP contribution in [0.4, 0.5) is 0 Å². The van der Waals surface area contributed by atoms with Gasteiger partial charge in [-0.2, -0.15) is 0 Å². The molecule has 0 N–H and O–H groups in total. The standard InChI is InChI=1S/C16H22N2O3/c1-2-21-16(20)14-6-3-4-10-18(14)15(19)13-7-5-11-17(13)12-8-9-12/h5,7,11-12,14H,2-4,6,8-10H2,1H3. The maximum absolute atomic E-state index is 12.8. The Morgan fingerprint density at radius 2 is 2.10 bits per heavy atom. The van der Waals surface area contributed by atoms with Gasteiger partial charge in [0.05, 0.1) is 6.61 Å². The Hall–Kier alpha value is -1.78. The van der Waals surface area contributed by atoms with Crippen LogP contribution in [0.2, 0.25) is 0 Å². The van der Waals surface area contributed by atoms with Gasteiger partial charge >= 0.3 is 5.97 Å². The normalized spacial score (nSPS) is 22.1. The van der Waals surface area contributed by atoms with Crippen LogP contribution in [0.3, 0.4) is 0 Å². The number of hydrogen-bond donors (Lipinski definition) is 0. The van der Waals surface area contributed by atoms with Crippen LogP contribution in [0.1, 0.15) is 55.6 Å². The molecule has 1 amide bonds. The summed E-state index contributed by atoms with van der Waals surface area (Å²) in [6.45, 7) is 2.79. The van der Waals surface area contributed by atoms with E-state index in [0.717, 1.165) is 25.7 Å². The Bertz CT molecular complexity index is 533. The molecule has 0 bridgehead atoms. The van der Waals surface area contributed by atoms with Crippen LogP contribution in [-0.2, 0) is 9.53 Å². The molecule has 1 saturated heterocycles. The van der Waals surface area contributed by atoms with Crippen LogP contribution in [-0.4, -0.2) is 40.5 Å². The summed E-state index contributed by atoms with van der Waals surface area (Å²) >= 11 is 0. The Labute approximate surface area is 124 Å². The molecule has 21 heavy (non-hydrogen) atoms. The van der Waals surface area contributed by atoms with Crippen molar-refractivity contribution in [3.05, 3.63) is 24.0 Å². The fourth-order valence-electron chi connectivity index (χ4n) is 3.05. The molecule has 1 unspecified atom stereocenters. The Morgan fingerprint density at radius 1 is 1.29 bits per heavy atom. The zero-order valence-corrected chi connectivity index (χ0v) is 12.5. The molecule has 3 rings (SSSR count). The largest absolute Gasteiger partial charge is 0.464 e. The highest BCUT2D eigenvalue weighted by atomic mass is 16.5. The van der Waals surface area contributed by atoms with Gasteiger partial charge in [0, 0.05) is 18.8 Å². The molecule has 2 aliphatic rings. The highest BCUT2D eigenvalue weighted by molar-refractivity contribution is 5.95. The zero-order chi connectivity index (χ0) is 14.8. The summed E-state index contributed by atoms with van der Waals surface area (Å²) in [5.74, 6) is -0.306. The molecule has 5 nitrogen and oxygen atoms in total. The molecule has 1 saturated carbocycles. The predicted octanol–water partition coefficient (Wildman–Crippen LogP) is 2.38. The highest BCUT2D eigenvalue weighted by Crippen LogP contribution is 2.36. The van der Waals surface area contributed by atoms with Crippen molar-refractivity contribution < 1.29 is 14.3 Å². The maximum Gasteiger partial charge on any atom is 0.328 e. The topological polar surface area (TPSA) is 51.5 Å². The number of ether oxygens (including phenoxy) is 1. The predicted molar refractivity (Wildman–Crippen MR) is 78.0 cm³/mol. The second-order valence-corrected chi connectivity index (χ2v) is 5.79. The molecule has 5 heteroatoms. The lowest BCUT2D eigenvalue weighted by molar-refractivity contribution is -0.149. The Morgan fingerprint density at radius 3 is 2.81 bits per heavy atom. The third-order valence-corrected chi connectivity index (χ3v) is 4.26. The number of piperidine rings is 1. The second-order valence-electron chi connectivity index (χ2n) is 5.79. The number of carbonyl (C=O) groups is 2. The molecule has 2 heterocycles. The van der Waals surface area contributed by atoms with Crippen molar-refractivity contribution in [2.24, 2.45) is 0 Å². The van der Waals surface area contributed by atoms with Crippen LogP contribution in [0.25, 0.3) is 0 Å². The Kier molecular flexibility index (Phi) is 3.99. The smallest absolute Gasteiger partial charge is 0.328 e. The van der Waals surface area contributed by atoms with E-state index in [4.69, 9.17) is 4.74 Å². The quantitative estimate of drug-likeness (QED) is 0.800. The average Bonchev–Trinajstić information content (AvgIpc) is 3.24. The van der Waals surface area contributed by atoms with Crippen LogP contribution in [0.15, 0.2) is 18.3 Å². The van der Waals surface area contributed by atoms with Gasteiger partial charge < -0.3 is 14.2 Å². The van der Waals surface area contributed by atoms with E-state index in [0.29, 0.717) is 31.3 Å². The van der Waals surface area contributed by atoms with E-state index < -0.39 is 6.04 Å². The molecule has 114 valence electrons. The number of hydrogen-bond acceptors (Lipinski definition) is 3. The molecular formula is C16H22N2O3. The van der Waals surface area contributed by atoms with Crippen molar-refractivity contribution in [3.63, 3.8) is 0 Å². The first-order valence-electron chi connectivity index (χ1n) is 7.86.